The third-order valence-corrected chi connectivity index (χ3v) is 3.84. The Morgan fingerprint density at radius 2 is 1.94 bits per heavy atom. The van der Waals surface area contributed by atoms with E-state index in [0.29, 0.717) is 12.3 Å². The van der Waals surface area contributed by atoms with Crippen molar-refractivity contribution in [3.05, 3.63) is 29.3 Å². The van der Waals surface area contributed by atoms with Crippen LogP contribution in [0.15, 0.2) is 18.2 Å². The van der Waals surface area contributed by atoms with Crippen LogP contribution < -0.4 is 10.6 Å². The molecule has 1 amide bonds. The predicted molar refractivity (Wildman–Crippen MR) is 68.2 cm³/mol. The zero-order valence-corrected chi connectivity index (χ0v) is 9.96. The lowest BCUT2D eigenvalue weighted by atomic mass is 9.88. The van der Waals surface area contributed by atoms with E-state index in [1.54, 1.807) is 0 Å². The van der Waals surface area contributed by atoms with Crippen LogP contribution in [-0.4, -0.2) is 19.0 Å². The maximum atomic E-state index is 11.3. The molecule has 2 N–H and O–H groups in total. The molecule has 2 aliphatic heterocycles. The van der Waals surface area contributed by atoms with Crippen LogP contribution in [0, 0.1) is 0 Å². The summed E-state index contributed by atoms with van der Waals surface area (Å²) in [5.74, 6) is 0.839. The highest BCUT2D eigenvalue weighted by molar-refractivity contribution is 5.93. The second-order valence-corrected chi connectivity index (χ2v) is 4.99. The Kier molecular flexibility index (Phi) is 2.85. The van der Waals surface area contributed by atoms with Crippen LogP contribution in [0.5, 0.6) is 0 Å². The van der Waals surface area contributed by atoms with E-state index >= 15 is 0 Å². The first-order valence-electron chi connectivity index (χ1n) is 6.46. The van der Waals surface area contributed by atoms with Crippen molar-refractivity contribution >= 4 is 11.6 Å². The molecule has 1 saturated heterocycles. The molecule has 0 aliphatic carbocycles. The lowest BCUT2D eigenvalue weighted by molar-refractivity contribution is -0.116. The highest BCUT2D eigenvalue weighted by Crippen LogP contribution is 2.30. The minimum Gasteiger partial charge on any atom is -0.326 e. The highest BCUT2D eigenvalue weighted by Gasteiger charge is 2.19. The monoisotopic (exact) mass is 230 g/mol. The van der Waals surface area contributed by atoms with Crippen LogP contribution in [0.2, 0.25) is 0 Å². The van der Waals surface area contributed by atoms with Gasteiger partial charge in [-0.1, -0.05) is 12.1 Å². The Labute approximate surface area is 102 Å². The van der Waals surface area contributed by atoms with Crippen molar-refractivity contribution in [2.75, 3.05) is 18.4 Å². The molecule has 90 valence electrons. The SMILES string of the molecule is O=C1CCc2cc(C3CCNCC3)ccc2N1. The van der Waals surface area contributed by atoms with Crippen molar-refractivity contribution in [3.63, 3.8) is 0 Å². The van der Waals surface area contributed by atoms with Crippen LogP contribution in [-0.2, 0) is 11.2 Å². The Balaban J connectivity index is 1.85. The molecule has 3 nitrogen and oxygen atoms in total. The largest absolute Gasteiger partial charge is 0.326 e. The van der Waals surface area contributed by atoms with Gasteiger partial charge in [-0.2, -0.15) is 0 Å². The van der Waals surface area contributed by atoms with Gasteiger partial charge in [-0.15, -0.1) is 0 Å². The number of fused-ring (bicyclic) bond motifs is 1. The van der Waals surface area contributed by atoms with E-state index in [2.05, 4.69) is 28.8 Å². The molecule has 3 rings (SSSR count). The molecule has 0 saturated carbocycles. The fourth-order valence-corrected chi connectivity index (χ4v) is 2.81. The Morgan fingerprint density at radius 1 is 1.12 bits per heavy atom. The second kappa shape index (κ2) is 4.49. The molecule has 2 heterocycles. The Bertz CT molecular complexity index is 436. The maximum Gasteiger partial charge on any atom is 0.224 e. The van der Waals surface area contributed by atoms with E-state index < -0.39 is 0 Å². The van der Waals surface area contributed by atoms with Gasteiger partial charge in [0.15, 0.2) is 0 Å². The summed E-state index contributed by atoms with van der Waals surface area (Å²) in [7, 11) is 0. The molecule has 2 aliphatic rings. The van der Waals surface area contributed by atoms with Crippen molar-refractivity contribution in [3.8, 4) is 0 Å². The second-order valence-electron chi connectivity index (χ2n) is 4.99. The number of aryl methyl sites for hydroxylation is 1. The molecule has 0 spiro atoms. The molecule has 0 radical (unpaired) electrons. The number of benzene rings is 1. The number of rotatable bonds is 1. The fraction of sp³-hybridized carbons (Fsp3) is 0.500. The molecule has 3 heteroatoms. The number of piperidine rings is 1. The average Bonchev–Trinajstić information content (AvgIpc) is 2.39. The molecule has 1 aromatic carbocycles. The first-order chi connectivity index (χ1) is 8.33. The normalized spacial score (nSPS) is 20.8. The summed E-state index contributed by atoms with van der Waals surface area (Å²) in [6.45, 7) is 2.25. The molecule has 0 aromatic heterocycles. The standard InChI is InChI=1S/C14H18N2O/c17-14-4-2-12-9-11(1-3-13(12)16-14)10-5-7-15-8-6-10/h1,3,9-10,15H,2,4-8H2,(H,16,17). The van der Waals surface area contributed by atoms with Gasteiger partial charge in [0.25, 0.3) is 0 Å². The van der Waals surface area contributed by atoms with E-state index in [1.807, 2.05) is 0 Å². The van der Waals surface area contributed by atoms with Crippen LogP contribution >= 0.6 is 0 Å². The van der Waals surface area contributed by atoms with Gasteiger partial charge in [0, 0.05) is 12.1 Å². The number of nitrogens with one attached hydrogen (secondary N) is 2. The van der Waals surface area contributed by atoms with E-state index in [0.717, 1.165) is 25.2 Å². The van der Waals surface area contributed by atoms with Gasteiger partial charge in [-0.3, -0.25) is 4.79 Å². The summed E-state index contributed by atoms with van der Waals surface area (Å²) in [6.07, 6.45) is 3.97. The molecular formula is C14H18N2O. The van der Waals surface area contributed by atoms with Crippen molar-refractivity contribution < 1.29 is 4.79 Å². The zero-order chi connectivity index (χ0) is 11.7. The van der Waals surface area contributed by atoms with Gasteiger partial charge in [0.05, 0.1) is 0 Å². The van der Waals surface area contributed by atoms with E-state index in [-0.39, 0.29) is 5.91 Å². The number of amides is 1. The molecule has 0 atom stereocenters. The summed E-state index contributed by atoms with van der Waals surface area (Å²) in [4.78, 5) is 11.3. The number of anilines is 1. The van der Waals surface area contributed by atoms with Crippen molar-refractivity contribution in [1.29, 1.82) is 0 Å². The highest BCUT2D eigenvalue weighted by atomic mass is 16.1. The summed E-state index contributed by atoms with van der Waals surface area (Å²) in [6, 6.07) is 6.55. The molecule has 0 bridgehead atoms. The number of carbonyl (C=O) groups is 1. The van der Waals surface area contributed by atoms with Crippen LogP contribution in [0.1, 0.15) is 36.3 Å². The summed E-state index contributed by atoms with van der Waals surface area (Å²) < 4.78 is 0. The Morgan fingerprint density at radius 3 is 2.76 bits per heavy atom. The predicted octanol–water partition coefficient (Wildman–Crippen LogP) is 2.04. The summed E-state index contributed by atoms with van der Waals surface area (Å²) in [5.41, 5.74) is 3.76. The van der Waals surface area contributed by atoms with Gasteiger partial charge < -0.3 is 10.6 Å². The minimum atomic E-state index is 0.145. The van der Waals surface area contributed by atoms with Crippen LogP contribution in [0.25, 0.3) is 0 Å². The number of hydrogen-bond donors (Lipinski definition) is 2. The average molecular weight is 230 g/mol. The van der Waals surface area contributed by atoms with Gasteiger partial charge >= 0.3 is 0 Å². The van der Waals surface area contributed by atoms with Gasteiger partial charge in [0.1, 0.15) is 0 Å². The molecule has 0 unspecified atom stereocenters. The van der Waals surface area contributed by atoms with Crippen molar-refractivity contribution in [1.82, 2.24) is 5.32 Å². The van der Waals surface area contributed by atoms with Crippen molar-refractivity contribution in [2.24, 2.45) is 0 Å². The van der Waals surface area contributed by atoms with Crippen LogP contribution in [0.3, 0.4) is 0 Å². The quantitative estimate of drug-likeness (QED) is 0.775. The maximum absolute atomic E-state index is 11.3. The lowest BCUT2D eigenvalue weighted by Crippen LogP contribution is -2.27. The van der Waals surface area contributed by atoms with Crippen LogP contribution in [0.4, 0.5) is 5.69 Å². The summed E-state index contributed by atoms with van der Waals surface area (Å²) in [5, 5.41) is 6.33. The van der Waals surface area contributed by atoms with E-state index in [9.17, 15) is 4.79 Å². The zero-order valence-electron chi connectivity index (χ0n) is 9.96. The lowest BCUT2D eigenvalue weighted by Gasteiger charge is -2.25. The third-order valence-electron chi connectivity index (χ3n) is 3.84. The van der Waals surface area contributed by atoms with Gasteiger partial charge in [-0.05, 0) is 55.5 Å². The smallest absolute Gasteiger partial charge is 0.224 e. The van der Waals surface area contributed by atoms with Gasteiger partial charge in [0.2, 0.25) is 5.91 Å². The third kappa shape index (κ3) is 2.20. The van der Waals surface area contributed by atoms with Gasteiger partial charge in [-0.25, -0.2) is 0 Å². The number of hydrogen-bond acceptors (Lipinski definition) is 2. The molecule has 1 fully saturated rings. The first-order valence-corrected chi connectivity index (χ1v) is 6.46. The molecule has 17 heavy (non-hydrogen) atoms. The van der Waals surface area contributed by atoms with E-state index in [4.69, 9.17) is 0 Å². The molecular weight excluding hydrogens is 212 g/mol. The fourth-order valence-electron chi connectivity index (χ4n) is 2.81. The minimum absolute atomic E-state index is 0.145. The van der Waals surface area contributed by atoms with E-state index in [1.165, 1.54) is 24.0 Å². The molecule has 1 aromatic rings. The van der Waals surface area contributed by atoms with Crippen molar-refractivity contribution in [2.45, 2.75) is 31.6 Å². The number of carbonyl (C=O) groups excluding carboxylic acids is 1. The first kappa shape index (κ1) is 10.8. The topological polar surface area (TPSA) is 41.1 Å². The summed E-state index contributed by atoms with van der Waals surface area (Å²) >= 11 is 0. The Hall–Kier alpha value is -1.35.